The Morgan fingerprint density at radius 1 is 0.589 bits per heavy atom. The van der Waals surface area contributed by atoms with Crippen molar-refractivity contribution in [1.82, 2.24) is 14.5 Å². The minimum Gasteiger partial charge on any atom is -0.507 e. The molecule has 7 aromatic carbocycles. The number of phenols is 1. The molecule has 0 unspecified atom stereocenters. The Bertz CT molecular complexity index is 2900. The summed E-state index contributed by atoms with van der Waals surface area (Å²) in [5, 5.41) is 19.5. The summed E-state index contributed by atoms with van der Waals surface area (Å²) in [6.07, 6.45) is 0. The number of imidazole rings is 1. The van der Waals surface area contributed by atoms with E-state index in [1.807, 2.05) is 42.5 Å². The second kappa shape index (κ2) is 14.1. The van der Waals surface area contributed by atoms with E-state index in [1.165, 1.54) is 26.9 Å². The van der Waals surface area contributed by atoms with Crippen LogP contribution in [0.2, 0.25) is 0 Å². The molecule has 1 N–H and O–H groups in total. The van der Waals surface area contributed by atoms with Crippen molar-refractivity contribution in [3.05, 3.63) is 157 Å². The van der Waals surface area contributed by atoms with E-state index >= 15 is 0 Å². The van der Waals surface area contributed by atoms with Gasteiger partial charge < -0.3 is 9.84 Å². The molecule has 0 radical (unpaired) electrons. The molecule has 0 fully saturated rings. The van der Waals surface area contributed by atoms with E-state index in [0.29, 0.717) is 23.0 Å². The van der Waals surface area contributed by atoms with Gasteiger partial charge in [-0.3, -0.25) is 4.57 Å². The summed E-state index contributed by atoms with van der Waals surface area (Å²) in [5.41, 5.74) is 6.43. The van der Waals surface area contributed by atoms with Gasteiger partial charge in [0.15, 0.2) is 0 Å². The van der Waals surface area contributed by atoms with Crippen LogP contribution in [0, 0.1) is 6.07 Å². The smallest absolute Gasteiger partial charge is 0.217 e. The van der Waals surface area contributed by atoms with Gasteiger partial charge in [-0.15, -0.1) is 12.1 Å². The van der Waals surface area contributed by atoms with Crippen molar-refractivity contribution < 1.29 is 30.9 Å². The number of hydrogen-bond acceptors (Lipinski definition) is 4. The van der Waals surface area contributed by atoms with Crippen molar-refractivity contribution >= 4 is 43.4 Å². The Morgan fingerprint density at radius 2 is 1.23 bits per heavy atom. The number of ether oxygens (including phenoxy) is 1. The first kappa shape index (κ1) is 37.2. The van der Waals surface area contributed by atoms with Gasteiger partial charge in [0.2, 0.25) is 5.88 Å². The van der Waals surface area contributed by atoms with E-state index in [2.05, 4.69) is 149 Å². The fourth-order valence-electron chi connectivity index (χ4n) is 7.77. The normalized spacial score (nSPS) is 12.0. The van der Waals surface area contributed by atoms with Crippen LogP contribution in [0.15, 0.2) is 140 Å². The molecule has 0 saturated heterocycles. The number of fused-ring (bicyclic) bond motifs is 7. The third-order valence-electron chi connectivity index (χ3n) is 10.6. The summed E-state index contributed by atoms with van der Waals surface area (Å²) >= 11 is 0. The average Bonchev–Trinajstić information content (AvgIpc) is 3.57. The quantitative estimate of drug-likeness (QED) is 0.138. The van der Waals surface area contributed by atoms with Crippen LogP contribution in [0.25, 0.3) is 71.7 Å². The predicted molar refractivity (Wildman–Crippen MR) is 227 cm³/mol. The van der Waals surface area contributed by atoms with Gasteiger partial charge in [-0.2, -0.15) is 18.2 Å². The fraction of sp³-hybridized carbons (Fsp3) is 0.160. The van der Waals surface area contributed by atoms with Crippen LogP contribution >= 0.6 is 0 Å². The first-order valence-corrected chi connectivity index (χ1v) is 18.8. The van der Waals surface area contributed by atoms with Gasteiger partial charge in [0.05, 0.1) is 22.3 Å². The van der Waals surface area contributed by atoms with E-state index < -0.39 is 0 Å². The molecule has 5 nitrogen and oxygen atoms in total. The Hall–Kier alpha value is -5.77. The third kappa shape index (κ3) is 6.44. The molecule has 0 aliphatic rings. The van der Waals surface area contributed by atoms with Crippen molar-refractivity contribution in [2.45, 2.75) is 52.4 Å². The largest absolute Gasteiger partial charge is 0.507 e. The molecule has 56 heavy (non-hydrogen) atoms. The maximum atomic E-state index is 12.3. The van der Waals surface area contributed by atoms with Crippen LogP contribution in [0.1, 0.15) is 52.7 Å². The Balaban J connectivity index is 0.00000441. The van der Waals surface area contributed by atoms with Crippen LogP contribution in [0.3, 0.4) is 0 Å². The molecule has 0 atom stereocenters. The molecular weight excluding hydrogens is 870 g/mol. The van der Waals surface area contributed by atoms with Gasteiger partial charge in [0, 0.05) is 49.7 Å². The molecule has 2 aromatic heterocycles. The number of aromatic nitrogens is 3. The molecule has 0 amide bonds. The van der Waals surface area contributed by atoms with Crippen molar-refractivity contribution in [3.63, 3.8) is 0 Å². The predicted octanol–water partition coefficient (Wildman–Crippen LogP) is 13.1. The fourth-order valence-corrected chi connectivity index (χ4v) is 7.77. The van der Waals surface area contributed by atoms with Gasteiger partial charge in [-0.1, -0.05) is 120 Å². The van der Waals surface area contributed by atoms with E-state index in [9.17, 15) is 5.11 Å². The molecule has 0 bridgehead atoms. The van der Waals surface area contributed by atoms with Gasteiger partial charge >= 0.3 is 0 Å². The van der Waals surface area contributed by atoms with Gasteiger partial charge in [-0.05, 0) is 79.0 Å². The topological polar surface area (TPSA) is 60.2 Å². The zero-order valence-corrected chi connectivity index (χ0v) is 34.6. The van der Waals surface area contributed by atoms with Crippen molar-refractivity contribution in [3.8, 4) is 45.7 Å². The molecular formula is C50H42N3O2Pt-. The van der Waals surface area contributed by atoms with E-state index in [4.69, 9.17) is 14.7 Å². The van der Waals surface area contributed by atoms with Gasteiger partial charge in [-0.25, -0.2) is 9.97 Å². The van der Waals surface area contributed by atoms with Crippen LogP contribution in [0.5, 0.6) is 17.4 Å². The summed E-state index contributed by atoms with van der Waals surface area (Å²) in [7, 11) is 0. The van der Waals surface area contributed by atoms with Crippen LogP contribution in [-0.2, 0) is 31.9 Å². The Labute approximate surface area is 341 Å². The molecule has 2 heterocycles. The molecule has 9 aromatic rings. The van der Waals surface area contributed by atoms with E-state index in [1.54, 1.807) is 0 Å². The zero-order chi connectivity index (χ0) is 38.1. The van der Waals surface area contributed by atoms with Crippen LogP contribution in [-0.4, -0.2) is 19.6 Å². The number of phenolic OH excluding ortho intramolecular Hbond substituents is 1. The maximum Gasteiger partial charge on any atom is 0.217 e. The SMILES string of the molecule is CC(C)(C)c1cc(-c2nc3c(-c4cccc(Oc5[c-]cccc5)n4)cccc3n2-c2ccc3c4ccccc4c4ccccc4c3c2)c(O)c(C(C)(C)C)c1.[Pt]. The summed E-state index contributed by atoms with van der Waals surface area (Å²) in [6, 6.07) is 50.8. The summed E-state index contributed by atoms with van der Waals surface area (Å²) < 4.78 is 8.31. The monoisotopic (exact) mass is 911 g/mol. The van der Waals surface area contributed by atoms with Crippen LogP contribution < -0.4 is 4.74 Å². The minimum absolute atomic E-state index is 0. The number of benzene rings is 7. The number of hydrogen-bond donors (Lipinski definition) is 1. The number of para-hydroxylation sites is 2. The summed E-state index contributed by atoms with van der Waals surface area (Å²) in [6.45, 7) is 13.1. The second-order valence-electron chi connectivity index (χ2n) is 16.4. The number of nitrogens with zero attached hydrogens (tertiary/aromatic N) is 3. The average molecular weight is 912 g/mol. The zero-order valence-electron chi connectivity index (χ0n) is 32.3. The second-order valence-corrected chi connectivity index (χ2v) is 16.4. The van der Waals surface area contributed by atoms with E-state index in [-0.39, 0.29) is 37.6 Å². The molecule has 280 valence electrons. The minimum atomic E-state index is -0.314. The number of rotatable bonds is 5. The van der Waals surface area contributed by atoms with Crippen LogP contribution in [0.4, 0.5) is 0 Å². The maximum absolute atomic E-state index is 12.3. The molecule has 0 aliphatic heterocycles. The van der Waals surface area contributed by atoms with Crippen molar-refractivity contribution in [2.24, 2.45) is 0 Å². The molecule has 0 aliphatic carbocycles. The van der Waals surface area contributed by atoms with Gasteiger partial charge in [0.25, 0.3) is 0 Å². The third-order valence-corrected chi connectivity index (χ3v) is 10.6. The molecule has 0 spiro atoms. The molecule has 6 heteroatoms. The Kier molecular flexibility index (Phi) is 9.33. The van der Waals surface area contributed by atoms with Gasteiger partial charge in [0.1, 0.15) is 11.6 Å². The standard InChI is InChI=1S/C50H42N3O2.Pt/c1-49(2,3)31-28-41(47(54)42(29-31)50(4,5)6)48-52-46-39(43-23-15-25-45(51-43)55-33-16-8-7-9-17-33)22-14-24-44(46)53(48)32-26-27-38-36-20-11-10-18-34(36)35-19-12-13-21-37(35)40(38)30-32;/h7-16,18-30,54H,1-6H3;/q-1;. The number of pyridine rings is 1. The van der Waals surface area contributed by atoms with Crippen molar-refractivity contribution in [1.29, 1.82) is 0 Å². The van der Waals surface area contributed by atoms with Crippen molar-refractivity contribution in [2.75, 3.05) is 0 Å². The first-order valence-electron chi connectivity index (χ1n) is 18.8. The first-order chi connectivity index (χ1) is 26.5. The molecule has 9 rings (SSSR count). The summed E-state index contributed by atoms with van der Waals surface area (Å²) in [4.78, 5) is 10.4. The Morgan fingerprint density at radius 3 is 1.88 bits per heavy atom. The number of aromatic hydroxyl groups is 1. The molecule has 0 saturated carbocycles. The van der Waals surface area contributed by atoms with E-state index in [0.717, 1.165) is 44.5 Å². The summed E-state index contributed by atoms with van der Waals surface area (Å²) in [5.74, 6) is 1.96.